The Bertz CT molecular complexity index is 1330. The van der Waals surface area contributed by atoms with E-state index in [1.807, 2.05) is 30.5 Å². The van der Waals surface area contributed by atoms with Crippen molar-refractivity contribution in [1.29, 1.82) is 0 Å². The van der Waals surface area contributed by atoms with Gasteiger partial charge in [0.05, 0.1) is 21.9 Å². The Hall–Kier alpha value is -2.80. The summed E-state index contributed by atoms with van der Waals surface area (Å²) in [5, 5.41) is 3.54. The van der Waals surface area contributed by atoms with Crippen molar-refractivity contribution >= 4 is 58.4 Å². The zero-order valence-corrected chi connectivity index (χ0v) is 22.3. The lowest BCUT2D eigenvalue weighted by molar-refractivity contribution is -0.146. The Morgan fingerprint density at radius 2 is 1.38 bits per heavy atom. The van der Waals surface area contributed by atoms with Crippen molar-refractivity contribution in [3.63, 3.8) is 0 Å². The van der Waals surface area contributed by atoms with Crippen LogP contribution in [0.2, 0.25) is 10.0 Å². The third-order valence-corrected chi connectivity index (χ3v) is 9.26. The van der Waals surface area contributed by atoms with Gasteiger partial charge in [0.15, 0.2) is 0 Å². The molecular formula is C29H24Cl2N2O3S. The van der Waals surface area contributed by atoms with Crippen LogP contribution < -0.4 is 5.32 Å². The maximum absolute atomic E-state index is 14.1. The van der Waals surface area contributed by atoms with E-state index in [0.717, 1.165) is 22.3 Å². The third-order valence-electron chi connectivity index (χ3n) is 7.88. The van der Waals surface area contributed by atoms with Crippen LogP contribution in [0.5, 0.6) is 0 Å². The van der Waals surface area contributed by atoms with Crippen LogP contribution >= 0.6 is 35.0 Å². The minimum atomic E-state index is -0.918. The number of halogens is 2. The lowest BCUT2D eigenvalue weighted by Gasteiger charge is -2.45. The molecule has 4 aliphatic rings. The highest BCUT2D eigenvalue weighted by Crippen LogP contribution is 2.61. The van der Waals surface area contributed by atoms with Crippen LogP contribution in [0.3, 0.4) is 0 Å². The van der Waals surface area contributed by atoms with Gasteiger partial charge in [-0.15, -0.1) is 0 Å². The van der Waals surface area contributed by atoms with Crippen molar-refractivity contribution < 1.29 is 14.4 Å². The number of anilines is 1. The van der Waals surface area contributed by atoms with E-state index >= 15 is 0 Å². The summed E-state index contributed by atoms with van der Waals surface area (Å²) in [6.07, 6.45) is 2.30. The van der Waals surface area contributed by atoms with E-state index in [1.165, 1.54) is 4.90 Å². The fourth-order valence-electron chi connectivity index (χ4n) is 6.41. The van der Waals surface area contributed by atoms with Crippen LogP contribution in [-0.2, 0) is 14.4 Å². The van der Waals surface area contributed by atoms with E-state index in [2.05, 4.69) is 29.6 Å². The minimum Gasteiger partial charge on any atom is -0.324 e. The smallest absolute Gasteiger partial charge is 0.247 e. The Labute approximate surface area is 229 Å². The largest absolute Gasteiger partial charge is 0.324 e. The number of amides is 3. The first-order valence-corrected chi connectivity index (χ1v) is 14.4. The predicted octanol–water partition coefficient (Wildman–Crippen LogP) is 5.95. The van der Waals surface area contributed by atoms with E-state index in [9.17, 15) is 14.4 Å². The number of nitrogens with zero attached hydrogens (tertiary/aromatic N) is 1. The topological polar surface area (TPSA) is 66.5 Å². The monoisotopic (exact) mass is 550 g/mol. The molecule has 1 fully saturated rings. The van der Waals surface area contributed by atoms with Crippen LogP contribution in [0.4, 0.5) is 5.69 Å². The molecule has 3 aliphatic carbocycles. The van der Waals surface area contributed by atoms with Gasteiger partial charge in [-0.25, -0.2) is 0 Å². The molecule has 1 aliphatic heterocycles. The predicted molar refractivity (Wildman–Crippen MR) is 147 cm³/mol. The molecule has 0 unspecified atom stereocenters. The van der Waals surface area contributed by atoms with Gasteiger partial charge in [0.1, 0.15) is 6.04 Å². The molecule has 3 atom stereocenters. The molecule has 3 aromatic carbocycles. The number of hydrogen-bond donors (Lipinski definition) is 1. The molecule has 0 spiro atoms. The first-order valence-electron chi connectivity index (χ1n) is 12.2. The summed E-state index contributed by atoms with van der Waals surface area (Å²) in [5.74, 6) is -1.75. The molecule has 8 heteroatoms. The molecule has 3 amide bonds. The molecule has 7 rings (SSSR count). The molecule has 5 nitrogen and oxygen atoms in total. The lowest BCUT2D eigenvalue weighted by Crippen LogP contribution is -2.48. The lowest BCUT2D eigenvalue weighted by atomic mass is 9.55. The van der Waals surface area contributed by atoms with Crippen molar-refractivity contribution in [2.45, 2.75) is 24.3 Å². The number of carbonyl (C=O) groups is 3. The van der Waals surface area contributed by atoms with E-state index in [0.29, 0.717) is 27.9 Å². The number of rotatable bonds is 6. The highest BCUT2D eigenvalue weighted by Gasteiger charge is 2.62. The Morgan fingerprint density at radius 3 is 1.84 bits per heavy atom. The molecule has 3 aromatic rings. The number of carbonyl (C=O) groups excluding carboxylic acids is 3. The average molecular weight is 551 g/mol. The summed E-state index contributed by atoms with van der Waals surface area (Å²) in [7, 11) is 0. The standard InChI is InChI=1S/C29H24Cl2N2O3S/c1-37-13-12-22(27(34)32-15-10-11-20(30)21(31)14-15)33-28(35)25-23-16-6-2-3-7-17(16)24(26(25)29(33)36)19-9-5-4-8-18(19)23/h2-11,14,22-26H,12-13H2,1H3,(H,32,34)/t22-,23?,24?,25+,26+/m1/s1. The normalized spacial score (nSPS) is 23.9. The molecule has 2 bridgehead atoms. The highest BCUT2D eigenvalue weighted by molar-refractivity contribution is 7.98. The second-order valence-electron chi connectivity index (χ2n) is 9.73. The number of thioether (sulfide) groups is 1. The summed E-state index contributed by atoms with van der Waals surface area (Å²) < 4.78 is 0. The minimum absolute atomic E-state index is 0.205. The van der Waals surface area contributed by atoms with Gasteiger partial charge in [0.25, 0.3) is 0 Å². The molecule has 37 heavy (non-hydrogen) atoms. The van der Waals surface area contributed by atoms with Crippen molar-refractivity contribution in [2.75, 3.05) is 17.3 Å². The van der Waals surface area contributed by atoms with E-state index in [1.54, 1.807) is 30.0 Å². The second-order valence-corrected chi connectivity index (χ2v) is 11.5. The van der Waals surface area contributed by atoms with Gasteiger partial charge in [-0.1, -0.05) is 71.7 Å². The summed E-state index contributed by atoms with van der Waals surface area (Å²) in [4.78, 5) is 43.0. The van der Waals surface area contributed by atoms with Crippen LogP contribution in [0, 0.1) is 11.8 Å². The van der Waals surface area contributed by atoms with Gasteiger partial charge in [-0.3, -0.25) is 19.3 Å². The van der Waals surface area contributed by atoms with E-state index in [4.69, 9.17) is 23.2 Å². The van der Waals surface area contributed by atoms with Gasteiger partial charge in [-0.2, -0.15) is 11.8 Å². The SMILES string of the molecule is CSCC[C@H](C(=O)Nc1ccc(Cl)c(Cl)c1)N1C(=O)[C@H]2C3c4ccccc4C(c4ccccc43)[C@@H]2C1=O. The van der Waals surface area contributed by atoms with Crippen LogP contribution in [0.15, 0.2) is 66.7 Å². The zero-order valence-electron chi connectivity index (χ0n) is 20.0. The van der Waals surface area contributed by atoms with Gasteiger partial charge in [0.2, 0.25) is 17.7 Å². The van der Waals surface area contributed by atoms with Crippen molar-refractivity contribution in [3.05, 3.63) is 99.0 Å². The molecule has 0 aromatic heterocycles. The van der Waals surface area contributed by atoms with Gasteiger partial charge < -0.3 is 5.32 Å². The quantitative estimate of drug-likeness (QED) is 0.385. The fourth-order valence-corrected chi connectivity index (χ4v) is 7.17. The Balaban J connectivity index is 1.39. The molecule has 1 heterocycles. The van der Waals surface area contributed by atoms with Gasteiger partial charge in [0, 0.05) is 17.5 Å². The summed E-state index contributed by atoms with van der Waals surface area (Å²) in [6.45, 7) is 0. The fraction of sp³-hybridized carbons (Fsp3) is 0.276. The van der Waals surface area contributed by atoms with Crippen LogP contribution in [-0.4, -0.2) is 40.7 Å². The molecule has 188 valence electrons. The van der Waals surface area contributed by atoms with Crippen LogP contribution in [0.1, 0.15) is 40.5 Å². The number of nitrogens with one attached hydrogen (secondary N) is 1. The average Bonchev–Trinajstić information content (AvgIpc) is 3.17. The van der Waals surface area contributed by atoms with E-state index < -0.39 is 23.8 Å². The number of hydrogen-bond acceptors (Lipinski definition) is 4. The number of likely N-dealkylation sites (tertiary alicyclic amines) is 1. The first kappa shape index (κ1) is 24.5. The van der Waals surface area contributed by atoms with Crippen molar-refractivity contribution in [2.24, 2.45) is 11.8 Å². The maximum Gasteiger partial charge on any atom is 0.247 e. The second kappa shape index (κ2) is 9.50. The number of imide groups is 1. The van der Waals surface area contributed by atoms with Crippen molar-refractivity contribution in [1.82, 2.24) is 4.90 Å². The van der Waals surface area contributed by atoms with E-state index in [-0.39, 0.29) is 23.7 Å². The zero-order chi connectivity index (χ0) is 25.8. The number of benzene rings is 3. The van der Waals surface area contributed by atoms with Crippen LogP contribution in [0.25, 0.3) is 0 Å². The summed E-state index contributed by atoms with van der Waals surface area (Å²) >= 11 is 13.7. The van der Waals surface area contributed by atoms with Crippen molar-refractivity contribution in [3.8, 4) is 0 Å². The highest BCUT2D eigenvalue weighted by atomic mass is 35.5. The van der Waals surface area contributed by atoms with Gasteiger partial charge >= 0.3 is 0 Å². The molecule has 1 saturated heterocycles. The molecule has 0 saturated carbocycles. The molecule has 1 N–H and O–H groups in total. The Kier molecular flexibility index (Phi) is 6.30. The molecule has 0 radical (unpaired) electrons. The summed E-state index contributed by atoms with van der Waals surface area (Å²) in [5.41, 5.74) is 4.89. The summed E-state index contributed by atoms with van der Waals surface area (Å²) in [6, 6.07) is 20.1. The first-order chi connectivity index (χ1) is 17.9. The molecular weight excluding hydrogens is 527 g/mol. The third kappa shape index (κ3) is 3.80. The van der Waals surface area contributed by atoms with Gasteiger partial charge in [-0.05, 0) is 58.9 Å². The maximum atomic E-state index is 14.1. The Morgan fingerprint density at radius 1 is 0.865 bits per heavy atom.